The van der Waals surface area contributed by atoms with E-state index in [-0.39, 0.29) is 13.0 Å². The van der Waals surface area contributed by atoms with Gasteiger partial charge in [0.2, 0.25) is 5.91 Å². The van der Waals surface area contributed by atoms with Crippen molar-refractivity contribution in [2.45, 2.75) is 333 Å². The molecular formula is C64H117NO10. The molecule has 1 fully saturated rings. The first-order valence-electron chi connectivity index (χ1n) is 31.4. The van der Waals surface area contributed by atoms with Gasteiger partial charge in [-0.3, -0.25) is 9.59 Å². The van der Waals surface area contributed by atoms with Crippen molar-refractivity contribution in [2.24, 2.45) is 0 Å². The third-order valence-electron chi connectivity index (χ3n) is 14.7. The first-order valence-corrected chi connectivity index (χ1v) is 31.4. The second kappa shape index (κ2) is 52.3. The molecule has 1 heterocycles. The number of esters is 1. The van der Waals surface area contributed by atoms with Gasteiger partial charge in [-0.05, 0) is 64.2 Å². The molecule has 1 saturated heterocycles. The van der Waals surface area contributed by atoms with Crippen molar-refractivity contribution in [3.05, 3.63) is 48.6 Å². The molecular weight excluding hydrogens is 943 g/mol. The van der Waals surface area contributed by atoms with Gasteiger partial charge in [-0.2, -0.15) is 0 Å². The van der Waals surface area contributed by atoms with Crippen molar-refractivity contribution in [1.29, 1.82) is 0 Å². The fourth-order valence-electron chi connectivity index (χ4n) is 9.72. The maximum Gasteiger partial charge on any atom is 0.306 e. The summed E-state index contributed by atoms with van der Waals surface area (Å²) >= 11 is 0. The van der Waals surface area contributed by atoms with Gasteiger partial charge in [0.1, 0.15) is 24.4 Å². The van der Waals surface area contributed by atoms with Crippen LogP contribution in [0.2, 0.25) is 0 Å². The Morgan fingerprint density at radius 1 is 0.520 bits per heavy atom. The Hall–Kier alpha value is -2.38. The molecule has 6 N–H and O–H groups in total. The summed E-state index contributed by atoms with van der Waals surface area (Å²) in [5, 5.41) is 56.9. The van der Waals surface area contributed by atoms with Gasteiger partial charge in [-0.15, -0.1) is 0 Å². The largest absolute Gasteiger partial charge is 0.454 e. The summed E-state index contributed by atoms with van der Waals surface area (Å²) in [7, 11) is 0. The number of hydrogen-bond donors (Lipinski definition) is 6. The van der Waals surface area contributed by atoms with Gasteiger partial charge >= 0.3 is 5.97 Å². The maximum atomic E-state index is 13.4. The van der Waals surface area contributed by atoms with E-state index in [4.69, 9.17) is 14.2 Å². The number of rotatable bonds is 53. The summed E-state index contributed by atoms with van der Waals surface area (Å²) in [6.07, 6.45) is 53.0. The number of unbranched alkanes of at least 4 members (excludes halogenated alkanes) is 33. The molecule has 0 radical (unpaired) electrons. The lowest BCUT2D eigenvalue weighted by molar-refractivity contribution is -0.305. The van der Waals surface area contributed by atoms with Gasteiger partial charge in [0.15, 0.2) is 12.4 Å². The number of carbonyl (C=O) groups is 2. The number of aliphatic hydroxyl groups excluding tert-OH is 5. The van der Waals surface area contributed by atoms with Crippen LogP contribution in [0.15, 0.2) is 48.6 Å². The minimum Gasteiger partial charge on any atom is -0.454 e. The summed E-state index contributed by atoms with van der Waals surface area (Å²) in [6, 6.07) is -1.02. The molecule has 11 nitrogen and oxygen atoms in total. The van der Waals surface area contributed by atoms with E-state index in [9.17, 15) is 35.1 Å². The van der Waals surface area contributed by atoms with Gasteiger partial charge in [0.25, 0.3) is 0 Å². The standard InChI is InChI=1S/C64H117NO10/c1-4-7-10-13-16-19-22-24-25-26-27-28-29-30-31-32-33-35-37-40-43-46-49-52-59(69)75-62-61(71)60(70)58(53-66)74-64(62)73-54-55(56(67)50-47-44-41-39-36-34-23-20-17-14-11-8-5-2)65-63(72)57(68)51-48-45-42-38-21-18-15-12-9-6-3/h16,19,24-25,27-28,47,50,55-58,60-62,64,66-68,70-71H,4-15,17-18,20-23,26,29-46,48-49,51-54H2,1-3H3,(H,65,72)/b19-16-,25-24-,28-27-,50-47+. The predicted molar refractivity (Wildman–Crippen MR) is 310 cm³/mol. The molecule has 1 aliphatic heterocycles. The van der Waals surface area contributed by atoms with Crippen LogP contribution >= 0.6 is 0 Å². The molecule has 1 amide bonds. The van der Waals surface area contributed by atoms with Crippen LogP contribution in [0.25, 0.3) is 0 Å². The highest BCUT2D eigenvalue weighted by atomic mass is 16.7. The summed E-state index contributed by atoms with van der Waals surface area (Å²) in [5.74, 6) is -1.19. The zero-order chi connectivity index (χ0) is 54.7. The average Bonchev–Trinajstić information content (AvgIpc) is 3.41. The Balaban J connectivity index is 2.61. The van der Waals surface area contributed by atoms with E-state index in [2.05, 4.69) is 62.5 Å². The second-order valence-corrected chi connectivity index (χ2v) is 21.8. The minimum absolute atomic E-state index is 0.120. The molecule has 0 saturated carbocycles. The first-order chi connectivity index (χ1) is 36.7. The van der Waals surface area contributed by atoms with E-state index in [1.165, 1.54) is 161 Å². The second-order valence-electron chi connectivity index (χ2n) is 21.8. The number of nitrogens with one attached hydrogen (secondary N) is 1. The Morgan fingerprint density at radius 2 is 0.920 bits per heavy atom. The highest BCUT2D eigenvalue weighted by Crippen LogP contribution is 2.26. The third-order valence-corrected chi connectivity index (χ3v) is 14.7. The Bertz CT molecular complexity index is 1400. The topological polar surface area (TPSA) is 175 Å². The quantitative estimate of drug-likeness (QED) is 0.0195. The molecule has 0 spiro atoms. The molecule has 0 aromatic rings. The fourth-order valence-corrected chi connectivity index (χ4v) is 9.72. The molecule has 438 valence electrons. The van der Waals surface area contributed by atoms with E-state index >= 15 is 0 Å². The van der Waals surface area contributed by atoms with Crippen LogP contribution in [-0.2, 0) is 23.8 Å². The number of aliphatic hydroxyl groups is 5. The van der Waals surface area contributed by atoms with E-state index in [1.807, 2.05) is 6.08 Å². The normalized spacial score (nSPS) is 19.5. The lowest BCUT2D eigenvalue weighted by Gasteiger charge is -2.41. The highest BCUT2D eigenvalue weighted by molar-refractivity contribution is 5.80. The molecule has 0 bridgehead atoms. The molecule has 1 rings (SSSR count). The number of hydrogen-bond acceptors (Lipinski definition) is 10. The zero-order valence-corrected chi connectivity index (χ0v) is 48.4. The van der Waals surface area contributed by atoms with Gasteiger partial charge in [-0.25, -0.2) is 0 Å². The highest BCUT2D eigenvalue weighted by Gasteiger charge is 2.47. The van der Waals surface area contributed by atoms with Crippen LogP contribution in [0.4, 0.5) is 0 Å². The minimum atomic E-state index is -1.61. The van der Waals surface area contributed by atoms with E-state index < -0.39 is 67.4 Å². The summed E-state index contributed by atoms with van der Waals surface area (Å²) in [4.78, 5) is 26.5. The van der Waals surface area contributed by atoms with Crippen molar-refractivity contribution in [1.82, 2.24) is 5.32 Å². The van der Waals surface area contributed by atoms with Gasteiger partial charge in [0, 0.05) is 6.42 Å². The lowest BCUT2D eigenvalue weighted by atomic mass is 9.99. The van der Waals surface area contributed by atoms with Crippen LogP contribution in [0, 0.1) is 0 Å². The van der Waals surface area contributed by atoms with Crippen LogP contribution in [0.1, 0.15) is 284 Å². The number of carbonyl (C=O) groups excluding carboxylic acids is 2. The van der Waals surface area contributed by atoms with Crippen LogP contribution in [-0.4, -0.2) is 99.6 Å². The smallest absolute Gasteiger partial charge is 0.306 e. The number of ether oxygens (including phenoxy) is 3. The molecule has 75 heavy (non-hydrogen) atoms. The van der Waals surface area contributed by atoms with E-state index in [0.29, 0.717) is 19.3 Å². The first kappa shape index (κ1) is 70.6. The zero-order valence-electron chi connectivity index (χ0n) is 48.4. The van der Waals surface area contributed by atoms with Gasteiger partial charge in [0.05, 0.1) is 25.4 Å². The average molecular weight is 1060 g/mol. The monoisotopic (exact) mass is 1060 g/mol. The van der Waals surface area contributed by atoms with Crippen molar-refractivity contribution in [3.8, 4) is 0 Å². The number of amides is 1. The summed E-state index contributed by atoms with van der Waals surface area (Å²) in [5.41, 5.74) is 0. The van der Waals surface area contributed by atoms with Crippen molar-refractivity contribution in [2.75, 3.05) is 13.2 Å². The van der Waals surface area contributed by atoms with Crippen LogP contribution in [0.5, 0.6) is 0 Å². The van der Waals surface area contributed by atoms with Gasteiger partial charge in [-0.1, -0.05) is 262 Å². The van der Waals surface area contributed by atoms with Crippen LogP contribution < -0.4 is 5.32 Å². The Morgan fingerprint density at radius 3 is 1.40 bits per heavy atom. The van der Waals surface area contributed by atoms with Crippen molar-refractivity contribution >= 4 is 11.9 Å². The Kier molecular flexibility index (Phi) is 49.3. The van der Waals surface area contributed by atoms with Gasteiger partial charge < -0.3 is 45.1 Å². The summed E-state index contributed by atoms with van der Waals surface area (Å²) in [6.45, 7) is 5.76. The molecule has 8 unspecified atom stereocenters. The van der Waals surface area contributed by atoms with Crippen molar-refractivity contribution in [3.63, 3.8) is 0 Å². The predicted octanol–water partition coefficient (Wildman–Crippen LogP) is 14.8. The molecule has 0 aromatic carbocycles. The SMILES string of the molecule is CCCCC/C=C\C/C=C\C/C=C\CCCCCCCCCCCCC(=O)OC1C(OCC(NC(=O)C(O)CCCCCCCCCCCC)C(O)/C=C/CCCCCCCCCCCCC)OC(CO)C(O)C1O. The van der Waals surface area contributed by atoms with E-state index in [1.54, 1.807) is 6.08 Å². The van der Waals surface area contributed by atoms with Crippen LogP contribution in [0.3, 0.4) is 0 Å². The van der Waals surface area contributed by atoms with Crippen molar-refractivity contribution < 1.29 is 49.3 Å². The molecule has 8 atom stereocenters. The molecule has 0 aliphatic carbocycles. The third kappa shape index (κ3) is 40.5. The fraction of sp³-hybridized carbons (Fsp3) is 0.844. The molecule has 1 aliphatic rings. The Labute approximate surface area is 459 Å². The summed E-state index contributed by atoms with van der Waals surface area (Å²) < 4.78 is 17.6. The lowest BCUT2D eigenvalue weighted by Crippen LogP contribution is -2.61. The maximum absolute atomic E-state index is 13.4. The van der Waals surface area contributed by atoms with E-state index in [0.717, 1.165) is 77.0 Å². The number of allylic oxidation sites excluding steroid dienone is 7. The molecule has 0 aromatic heterocycles. The molecule has 11 heteroatoms.